The highest BCUT2D eigenvalue weighted by molar-refractivity contribution is 6.02. The number of H-pyrrole nitrogens is 1. The summed E-state index contributed by atoms with van der Waals surface area (Å²) in [4.78, 5) is 38.3. The van der Waals surface area contributed by atoms with E-state index < -0.39 is 11.7 Å². The minimum atomic E-state index is -0.517. The van der Waals surface area contributed by atoms with Crippen LogP contribution in [0.1, 0.15) is 34.9 Å². The van der Waals surface area contributed by atoms with E-state index in [2.05, 4.69) is 20.6 Å². The van der Waals surface area contributed by atoms with E-state index in [-0.39, 0.29) is 35.3 Å². The maximum Gasteiger partial charge on any atom is 0.276 e. The fraction of sp³-hybridized carbons (Fsp3) is 0.286. The van der Waals surface area contributed by atoms with Crippen molar-refractivity contribution < 1.29 is 14.0 Å². The third kappa shape index (κ3) is 4.68. The van der Waals surface area contributed by atoms with Gasteiger partial charge in [-0.15, -0.1) is 0 Å². The topological polar surface area (TPSA) is 113 Å². The van der Waals surface area contributed by atoms with Crippen LogP contribution in [0.2, 0.25) is 0 Å². The summed E-state index contributed by atoms with van der Waals surface area (Å²) in [6, 6.07) is 10.5. The Balaban J connectivity index is 1.33. The molecule has 0 aliphatic carbocycles. The quantitative estimate of drug-likeness (QED) is 0.648. The van der Waals surface area contributed by atoms with Gasteiger partial charge in [0.05, 0.1) is 5.69 Å². The van der Waals surface area contributed by atoms with Crippen LogP contribution < -0.4 is 10.9 Å². The highest BCUT2D eigenvalue weighted by atomic mass is 19.1. The maximum absolute atomic E-state index is 13.7. The summed E-state index contributed by atoms with van der Waals surface area (Å²) in [6.07, 6.45) is 2.86. The number of para-hydroxylation sites is 1. The van der Waals surface area contributed by atoms with Crippen LogP contribution in [0, 0.1) is 5.82 Å². The molecule has 2 amide bonds. The van der Waals surface area contributed by atoms with Crippen molar-refractivity contribution in [1.82, 2.24) is 24.9 Å². The monoisotopic (exact) mass is 424 g/mol. The molecule has 1 aliphatic heterocycles. The van der Waals surface area contributed by atoms with Crippen LogP contribution in [0.15, 0.2) is 53.5 Å². The number of carbonyl (C=O) groups is 2. The van der Waals surface area contributed by atoms with E-state index in [0.717, 1.165) is 10.4 Å². The second-order valence-corrected chi connectivity index (χ2v) is 7.32. The van der Waals surface area contributed by atoms with Gasteiger partial charge in [-0.3, -0.25) is 19.5 Å². The summed E-state index contributed by atoms with van der Waals surface area (Å²) in [7, 11) is 0. The molecular formula is C21H21FN6O3. The second kappa shape index (κ2) is 8.90. The fourth-order valence-corrected chi connectivity index (χ4v) is 3.59. The van der Waals surface area contributed by atoms with Gasteiger partial charge in [-0.25, -0.2) is 9.07 Å². The van der Waals surface area contributed by atoms with Crippen LogP contribution in [0.5, 0.6) is 0 Å². The van der Waals surface area contributed by atoms with Gasteiger partial charge < -0.3 is 10.2 Å². The number of amides is 2. The van der Waals surface area contributed by atoms with Crippen molar-refractivity contribution >= 4 is 17.5 Å². The number of aromatic amines is 1. The molecule has 1 aliphatic rings. The lowest BCUT2D eigenvalue weighted by molar-refractivity contribution is -0.133. The number of anilines is 1. The van der Waals surface area contributed by atoms with Crippen LogP contribution in [-0.2, 0) is 11.3 Å². The number of hydrogen-bond acceptors (Lipinski definition) is 5. The minimum absolute atomic E-state index is 0.0885. The van der Waals surface area contributed by atoms with Crippen LogP contribution >= 0.6 is 0 Å². The Kier molecular flexibility index (Phi) is 5.87. The first-order chi connectivity index (χ1) is 15.0. The number of nitrogens with one attached hydrogen (secondary N) is 2. The molecule has 2 aromatic heterocycles. The Morgan fingerprint density at radius 3 is 2.68 bits per heavy atom. The van der Waals surface area contributed by atoms with Crippen LogP contribution in [-0.4, -0.2) is 49.8 Å². The van der Waals surface area contributed by atoms with Gasteiger partial charge in [0.25, 0.3) is 11.5 Å². The smallest absolute Gasteiger partial charge is 0.276 e. The van der Waals surface area contributed by atoms with Crippen molar-refractivity contribution in [2.24, 2.45) is 0 Å². The molecule has 10 heteroatoms. The van der Waals surface area contributed by atoms with E-state index in [1.165, 1.54) is 30.5 Å². The van der Waals surface area contributed by atoms with E-state index in [0.29, 0.717) is 25.9 Å². The minimum Gasteiger partial charge on any atom is -0.341 e. The Morgan fingerprint density at radius 2 is 1.94 bits per heavy atom. The van der Waals surface area contributed by atoms with Crippen molar-refractivity contribution in [2.75, 3.05) is 18.4 Å². The molecule has 0 saturated carbocycles. The molecule has 0 radical (unpaired) electrons. The van der Waals surface area contributed by atoms with Crippen LogP contribution in [0.4, 0.5) is 10.1 Å². The molecule has 1 fully saturated rings. The SMILES string of the molecule is O=C(Nc1ccccc1F)c1cc(C2CCN(C(=O)Cn3ncccc3=O)CC2)[nH]n1. The zero-order valence-corrected chi connectivity index (χ0v) is 16.6. The van der Waals surface area contributed by atoms with E-state index in [1.54, 1.807) is 23.1 Å². The number of benzene rings is 1. The van der Waals surface area contributed by atoms with Crippen molar-refractivity contribution in [3.63, 3.8) is 0 Å². The summed E-state index contributed by atoms with van der Waals surface area (Å²) < 4.78 is 14.9. The van der Waals surface area contributed by atoms with E-state index in [4.69, 9.17) is 0 Å². The van der Waals surface area contributed by atoms with E-state index in [9.17, 15) is 18.8 Å². The van der Waals surface area contributed by atoms with Gasteiger partial charge in [-0.05, 0) is 37.1 Å². The highest BCUT2D eigenvalue weighted by Crippen LogP contribution is 2.27. The molecule has 0 bridgehead atoms. The highest BCUT2D eigenvalue weighted by Gasteiger charge is 2.26. The third-order valence-electron chi connectivity index (χ3n) is 5.31. The molecule has 0 unspecified atom stereocenters. The molecule has 3 heterocycles. The number of rotatable bonds is 5. The number of nitrogens with zero attached hydrogens (tertiary/aromatic N) is 4. The Hall–Kier alpha value is -3.82. The van der Waals surface area contributed by atoms with Gasteiger partial charge in [0.1, 0.15) is 12.4 Å². The average Bonchev–Trinajstić information content (AvgIpc) is 3.27. The summed E-state index contributed by atoms with van der Waals surface area (Å²) in [5, 5.41) is 13.4. The zero-order chi connectivity index (χ0) is 21.8. The second-order valence-electron chi connectivity index (χ2n) is 7.32. The Labute approximate surface area is 176 Å². The maximum atomic E-state index is 13.7. The van der Waals surface area contributed by atoms with Crippen molar-refractivity contribution in [3.8, 4) is 0 Å². The predicted molar refractivity (Wildman–Crippen MR) is 110 cm³/mol. The molecule has 160 valence electrons. The van der Waals surface area contributed by atoms with E-state index >= 15 is 0 Å². The number of piperidine rings is 1. The van der Waals surface area contributed by atoms with Gasteiger partial charge in [-0.2, -0.15) is 10.2 Å². The van der Waals surface area contributed by atoms with Gasteiger partial charge in [-0.1, -0.05) is 12.1 Å². The van der Waals surface area contributed by atoms with Gasteiger partial charge in [0.2, 0.25) is 5.91 Å². The molecule has 1 aromatic carbocycles. The van der Waals surface area contributed by atoms with Gasteiger partial charge in [0.15, 0.2) is 5.69 Å². The normalized spacial score (nSPS) is 14.4. The number of carbonyl (C=O) groups excluding carboxylic acids is 2. The average molecular weight is 424 g/mol. The summed E-state index contributed by atoms with van der Waals surface area (Å²) in [5.41, 5.74) is 0.748. The molecule has 0 atom stereocenters. The predicted octanol–water partition coefficient (Wildman–Crippen LogP) is 1.76. The van der Waals surface area contributed by atoms with Crippen LogP contribution in [0.3, 0.4) is 0 Å². The molecule has 2 N–H and O–H groups in total. The number of aromatic nitrogens is 4. The van der Waals surface area contributed by atoms with Crippen LogP contribution in [0.25, 0.3) is 0 Å². The van der Waals surface area contributed by atoms with Gasteiger partial charge in [0, 0.05) is 37.0 Å². The first-order valence-corrected chi connectivity index (χ1v) is 9.92. The number of halogens is 1. The number of hydrogen-bond donors (Lipinski definition) is 2. The largest absolute Gasteiger partial charge is 0.341 e. The van der Waals surface area contributed by atoms with Crippen molar-refractivity contribution in [2.45, 2.75) is 25.3 Å². The Bertz CT molecular complexity index is 1150. The zero-order valence-electron chi connectivity index (χ0n) is 16.6. The lowest BCUT2D eigenvalue weighted by Crippen LogP contribution is -2.41. The van der Waals surface area contributed by atoms with Crippen molar-refractivity contribution in [3.05, 3.63) is 76.2 Å². The van der Waals surface area contributed by atoms with E-state index in [1.807, 2.05) is 0 Å². The lowest BCUT2D eigenvalue weighted by Gasteiger charge is -2.31. The van der Waals surface area contributed by atoms with Crippen molar-refractivity contribution in [1.29, 1.82) is 0 Å². The Morgan fingerprint density at radius 1 is 1.16 bits per heavy atom. The lowest BCUT2D eigenvalue weighted by atomic mass is 9.93. The molecule has 1 saturated heterocycles. The molecule has 4 rings (SSSR count). The molecular weight excluding hydrogens is 403 g/mol. The summed E-state index contributed by atoms with van der Waals surface area (Å²) in [5.74, 6) is -1.06. The first kappa shape index (κ1) is 20.5. The molecule has 3 aromatic rings. The molecule has 0 spiro atoms. The third-order valence-corrected chi connectivity index (χ3v) is 5.31. The molecule has 9 nitrogen and oxygen atoms in total. The molecule has 31 heavy (non-hydrogen) atoms. The fourth-order valence-electron chi connectivity index (χ4n) is 3.59. The number of likely N-dealkylation sites (tertiary alicyclic amines) is 1. The van der Waals surface area contributed by atoms with Gasteiger partial charge >= 0.3 is 0 Å². The standard InChI is InChI=1S/C21H21FN6O3/c22-15-4-1-2-5-16(15)24-21(31)18-12-17(25-26-18)14-7-10-27(11-8-14)20(30)13-28-19(29)6-3-9-23-28/h1-6,9,12,14H,7-8,10-11,13H2,(H,24,31)(H,25,26). The summed E-state index contributed by atoms with van der Waals surface area (Å²) >= 11 is 0. The summed E-state index contributed by atoms with van der Waals surface area (Å²) in [6.45, 7) is 0.969. The first-order valence-electron chi connectivity index (χ1n) is 9.92.